The van der Waals surface area contributed by atoms with Gasteiger partial charge < -0.3 is 0 Å². The summed E-state index contributed by atoms with van der Waals surface area (Å²) in [4.78, 5) is 2.65. The van der Waals surface area contributed by atoms with Crippen LogP contribution >= 0.6 is 23.2 Å². The number of hydrogen-bond acceptors (Lipinski definition) is 1. The van der Waals surface area contributed by atoms with Crippen molar-refractivity contribution in [2.24, 2.45) is 5.11 Å². The van der Waals surface area contributed by atoms with E-state index >= 15 is 0 Å². The molecule has 0 saturated heterocycles. The zero-order valence-corrected chi connectivity index (χ0v) is 8.26. The highest BCUT2D eigenvalue weighted by atomic mass is 35.5. The van der Waals surface area contributed by atoms with Gasteiger partial charge in [0.2, 0.25) is 0 Å². The average Bonchev–Trinajstić information content (AvgIpc) is 2.10. The fourth-order valence-electron chi connectivity index (χ4n) is 0.978. The molecular formula is C8H7Cl2N3. The molecule has 0 unspecified atom stereocenters. The molecule has 0 heterocycles. The summed E-state index contributed by atoms with van der Waals surface area (Å²) in [6, 6.07) is 5.31. The highest BCUT2D eigenvalue weighted by Gasteiger charge is 2.03. The van der Waals surface area contributed by atoms with Crippen LogP contribution in [0.1, 0.15) is 5.56 Å². The summed E-state index contributed by atoms with van der Waals surface area (Å²) in [6.07, 6.45) is 0.572. The van der Waals surface area contributed by atoms with E-state index in [0.29, 0.717) is 23.0 Å². The molecule has 0 N–H and O–H groups in total. The summed E-state index contributed by atoms with van der Waals surface area (Å²) in [5.74, 6) is 0. The topological polar surface area (TPSA) is 48.8 Å². The lowest BCUT2D eigenvalue weighted by Crippen LogP contribution is -1.90. The minimum Gasteiger partial charge on any atom is -0.0936 e. The monoisotopic (exact) mass is 215 g/mol. The van der Waals surface area contributed by atoms with Crippen LogP contribution in [0.3, 0.4) is 0 Å². The number of nitrogens with zero attached hydrogens (tertiary/aromatic N) is 3. The van der Waals surface area contributed by atoms with Crippen molar-refractivity contribution in [3.05, 3.63) is 44.3 Å². The molecule has 68 valence electrons. The van der Waals surface area contributed by atoms with Crippen molar-refractivity contribution in [3.63, 3.8) is 0 Å². The van der Waals surface area contributed by atoms with E-state index in [-0.39, 0.29) is 0 Å². The molecule has 3 nitrogen and oxygen atoms in total. The van der Waals surface area contributed by atoms with Gasteiger partial charge in [-0.15, -0.1) is 0 Å². The van der Waals surface area contributed by atoms with Gasteiger partial charge in [-0.25, -0.2) is 0 Å². The van der Waals surface area contributed by atoms with Crippen LogP contribution in [0, 0.1) is 0 Å². The molecule has 5 heteroatoms. The number of halogens is 2. The Morgan fingerprint density at radius 1 is 1.31 bits per heavy atom. The number of rotatable bonds is 3. The maximum atomic E-state index is 8.08. The summed E-state index contributed by atoms with van der Waals surface area (Å²) >= 11 is 11.8. The molecule has 13 heavy (non-hydrogen) atoms. The normalized spacial score (nSPS) is 9.38. The van der Waals surface area contributed by atoms with Gasteiger partial charge in [-0.05, 0) is 29.6 Å². The lowest BCUT2D eigenvalue weighted by Gasteiger charge is -2.03. The molecule has 0 saturated carbocycles. The SMILES string of the molecule is [N-]=[N+]=NCCc1c(Cl)cccc1Cl. The Labute approximate surface area is 85.9 Å². The Hall–Kier alpha value is -0.890. The van der Waals surface area contributed by atoms with Crippen molar-refractivity contribution in [2.45, 2.75) is 6.42 Å². The van der Waals surface area contributed by atoms with Gasteiger partial charge in [-0.3, -0.25) is 0 Å². The van der Waals surface area contributed by atoms with E-state index in [1.165, 1.54) is 0 Å². The molecule has 0 spiro atoms. The first-order chi connectivity index (χ1) is 6.25. The molecule has 0 atom stereocenters. The van der Waals surface area contributed by atoms with E-state index < -0.39 is 0 Å². The highest BCUT2D eigenvalue weighted by Crippen LogP contribution is 2.24. The summed E-state index contributed by atoms with van der Waals surface area (Å²) in [5.41, 5.74) is 8.91. The number of azide groups is 1. The molecule has 0 aliphatic rings. The molecule has 1 aromatic rings. The molecule has 0 aromatic heterocycles. The zero-order chi connectivity index (χ0) is 9.68. The first-order valence-corrected chi connectivity index (χ1v) is 4.45. The third-order valence-corrected chi connectivity index (χ3v) is 2.29. The van der Waals surface area contributed by atoms with E-state index in [4.69, 9.17) is 28.7 Å². The highest BCUT2D eigenvalue weighted by molar-refractivity contribution is 6.35. The second-order valence-electron chi connectivity index (χ2n) is 2.40. The summed E-state index contributed by atoms with van der Waals surface area (Å²) in [7, 11) is 0. The molecular weight excluding hydrogens is 209 g/mol. The van der Waals surface area contributed by atoms with Crippen LogP contribution < -0.4 is 0 Å². The lowest BCUT2D eigenvalue weighted by atomic mass is 10.1. The van der Waals surface area contributed by atoms with Gasteiger partial charge in [-0.1, -0.05) is 34.4 Å². The van der Waals surface area contributed by atoms with Crippen LogP contribution in [-0.2, 0) is 6.42 Å². The van der Waals surface area contributed by atoms with E-state index in [1.54, 1.807) is 18.2 Å². The number of benzene rings is 1. The van der Waals surface area contributed by atoms with Gasteiger partial charge in [0.1, 0.15) is 0 Å². The Bertz CT molecular complexity index is 325. The quantitative estimate of drug-likeness (QED) is 0.418. The molecule has 0 radical (unpaired) electrons. The Balaban J connectivity index is 2.80. The predicted octanol–water partition coefficient (Wildman–Crippen LogP) is 3.85. The first kappa shape index (κ1) is 10.2. The average molecular weight is 216 g/mol. The second kappa shape index (κ2) is 4.97. The van der Waals surface area contributed by atoms with Crippen LogP contribution in [0.25, 0.3) is 10.4 Å². The molecule has 1 aromatic carbocycles. The van der Waals surface area contributed by atoms with E-state index in [0.717, 1.165) is 5.56 Å². The first-order valence-electron chi connectivity index (χ1n) is 3.69. The number of hydrogen-bond donors (Lipinski definition) is 0. The Kier molecular flexibility index (Phi) is 3.90. The van der Waals surface area contributed by atoms with Crippen LogP contribution in [-0.4, -0.2) is 6.54 Å². The van der Waals surface area contributed by atoms with Gasteiger partial charge in [-0.2, -0.15) is 0 Å². The summed E-state index contributed by atoms with van der Waals surface area (Å²) in [6.45, 7) is 0.375. The molecule has 1 rings (SSSR count). The van der Waals surface area contributed by atoms with Crippen LogP contribution in [0.2, 0.25) is 10.0 Å². The zero-order valence-electron chi connectivity index (χ0n) is 6.74. The lowest BCUT2D eigenvalue weighted by molar-refractivity contribution is 0.956. The van der Waals surface area contributed by atoms with E-state index in [1.807, 2.05) is 0 Å². The third-order valence-electron chi connectivity index (χ3n) is 1.59. The van der Waals surface area contributed by atoms with Gasteiger partial charge in [0.05, 0.1) is 0 Å². The van der Waals surface area contributed by atoms with Crippen LogP contribution in [0.4, 0.5) is 0 Å². The van der Waals surface area contributed by atoms with Crippen molar-refractivity contribution < 1.29 is 0 Å². The van der Waals surface area contributed by atoms with Crippen LogP contribution in [0.15, 0.2) is 23.3 Å². The smallest absolute Gasteiger partial charge is 0.0452 e. The molecule has 0 aliphatic heterocycles. The molecule has 0 amide bonds. The standard InChI is InChI=1S/C8H7Cl2N3/c9-7-2-1-3-8(10)6(7)4-5-12-13-11/h1-3H,4-5H2. The van der Waals surface area contributed by atoms with Crippen molar-refractivity contribution >= 4 is 23.2 Å². The second-order valence-corrected chi connectivity index (χ2v) is 3.22. The molecule has 0 aliphatic carbocycles. The van der Waals surface area contributed by atoms with Crippen molar-refractivity contribution in [3.8, 4) is 0 Å². The Morgan fingerprint density at radius 2 is 1.92 bits per heavy atom. The van der Waals surface area contributed by atoms with E-state index in [2.05, 4.69) is 10.0 Å². The van der Waals surface area contributed by atoms with Crippen molar-refractivity contribution in [2.75, 3.05) is 6.54 Å². The van der Waals surface area contributed by atoms with Gasteiger partial charge in [0.25, 0.3) is 0 Å². The van der Waals surface area contributed by atoms with Gasteiger partial charge in [0.15, 0.2) is 0 Å². The predicted molar refractivity (Wildman–Crippen MR) is 54.2 cm³/mol. The van der Waals surface area contributed by atoms with Gasteiger partial charge >= 0.3 is 0 Å². The van der Waals surface area contributed by atoms with Crippen molar-refractivity contribution in [1.29, 1.82) is 0 Å². The minimum atomic E-state index is 0.375. The summed E-state index contributed by atoms with van der Waals surface area (Å²) in [5, 5.41) is 4.64. The maximum Gasteiger partial charge on any atom is 0.0452 e. The fourth-order valence-corrected chi connectivity index (χ4v) is 1.56. The molecule has 0 bridgehead atoms. The largest absolute Gasteiger partial charge is 0.0936 e. The minimum absolute atomic E-state index is 0.375. The van der Waals surface area contributed by atoms with Crippen LogP contribution in [0.5, 0.6) is 0 Å². The van der Waals surface area contributed by atoms with Crippen molar-refractivity contribution in [1.82, 2.24) is 0 Å². The van der Waals surface area contributed by atoms with E-state index in [9.17, 15) is 0 Å². The summed E-state index contributed by atoms with van der Waals surface area (Å²) < 4.78 is 0. The maximum absolute atomic E-state index is 8.08. The molecule has 0 fully saturated rings. The fraction of sp³-hybridized carbons (Fsp3) is 0.250. The third kappa shape index (κ3) is 2.81. The van der Waals surface area contributed by atoms with Gasteiger partial charge in [0, 0.05) is 21.5 Å². The Morgan fingerprint density at radius 3 is 2.46 bits per heavy atom.